The van der Waals surface area contributed by atoms with E-state index in [-0.39, 0.29) is 5.91 Å². The van der Waals surface area contributed by atoms with E-state index in [1.165, 1.54) is 5.56 Å². The molecule has 1 N–H and O–H groups in total. The molecule has 102 valence electrons. The van der Waals surface area contributed by atoms with Crippen LogP contribution in [0, 0.1) is 0 Å². The fraction of sp³-hybridized carbons (Fsp3) is 0.533. The van der Waals surface area contributed by atoms with Gasteiger partial charge in [0.05, 0.1) is 6.04 Å². The van der Waals surface area contributed by atoms with Crippen molar-refractivity contribution in [1.82, 2.24) is 10.2 Å². The van der Waals surface area contributed by atoms with Crippen molar-refractivity contribution in [2.45, 2.75) is 31.8 Å². The molecule has 2 aliphatic heterocycles. The van der Waals surface area contributed by atoms with E-state index in [9.17, 15) is 4.79 Å². The molecule has 1 amide bonds. The Balaban J connectivity index is 1.58. The van der Waals surface area contributed by atoms with E-state index in [1.807, 2.05) is 17.0 Å². The van der Waals surface area contributed by atoms with E-state index in [2.05, 4.69) is 17.4 Å². The van der Waals surface area contributed by atoms with Crippen molar-refractivity contribution in [2.75, 3.05) is 19.7 Å². The largest absolute Gasteiger partial charge is 0.491 e. The molecule has 0 saturated carbocycles. The van der Waals surface area contributed by atoms with E-state index in [4.69, 9.17) is 4.74 Å². The van der Waals surface area contributed by atoms with Gasteiger partial charge >= 0.3 is 0 Å². The van der Waals surface area contributed by atoms with Gasteiger partial charge in [0.1, 0.15) is 12.4 Å². The number of piperidine rings is 1. The SMILES string of the molecule is CC(=O)N1CCC(NC2COc3ccccc32)CC1. The van der Waals surface area contributed by atoms with Crippen LogP contribution in [0.3, 0.4) is 0 Å². The molecule has 1 saturated heterocycles. The monoisotopic (exact) mass is 260 g/mol. The standard InChI is InChI=1S/C15H20N2O2/c1-11(18)17-8-6-12(7-9-17)16-14-10-19-15-5-3-2-4-13(14)15/h2-5,12,14,16H,6-10H2,1H3. The van der Waals surface area contributed by atoms with Crippen molar-refractivity contribution in [1.29, 1.82) is 0 Å². The smallest absolute Gasteiger partial charge is 0.219 e. The van der Waals surface area contributed by atoms with Crippen molar-refractivity contribution in [3.05, 3.63) is 29.8 Å². The van der Waals surface area contributed by atoms with Crippen LogP contribution in [0.1, 0.15) is 31.4 Å². The lowest BCUT2D eigenvalue weighted by Gasteiger charge is -2.33. The number of hydrogen-bond acceptors (Lipinski definition) is 3. The molecule has 4 nitrogen and oxygen atoms in total. The van der Waals surface area contributed by atoms with Crippen LogP contribution in [0.25, 0.3) is 0 Å². The van der Waals surface area contributed by atoms with Crippen molar-refractivity contribution in [3.63, 3.8) is 0 Å². The van der Waals surface area contributed by atoms with Crippen molar-refractivity contribution >= 4 is 5.91 Å². The second-order valence-corrected chi connectivity index (χ2v) is 5.35. The lowest BCUT2D eigenvalue weighted by molar-refractivity contribution is -0.129. The molecule has 1 atom stereocenters. The Morgan fingerprint density at radius 3 is 2.79 bits per heavy atom. The molecule has 2 heterocycles. The first-order chi connectivity index (χ1) is 9.24. The maximum Gasteiger partial charge on any atom is 0.219 e. The van der Waals surface area contributed by atoms with Gasteiger partial charge in [-0.25, -0.2) is 0 Å². The van der Waals surface area contributed by atoms with E-state index in [1.54, 1.807) is 6.92 Å². The first-order valence-corrected chi connectivity index (χ1v) is 6.97. The number of rotatable bonds is 2. The van der Waals surface area contributed by atoms with Crippen LogP contribution >= 0.6 is 0 Å². The highest BCUT2D eigenvalue weighted by atomic mass is 16.5. The second kappa shape index (κ2) is 5.21. The predicted molar refractivity (Wildman–Crippen MR) is 73.1 cm³/mol. The van der Waals surface area contributed by atoms with Crippen LogP contribution in [0.2, 0.25) is 0 Å². The molecular formula is C15H20N2O2. The first kappa shape index (κ1) is 12.5. The molecule has 1 unspecified atom stereocenters. The van der Waals surface area contributed by atoms with Crippen LogP contribution in [0.5, 0.6) is 5.75 Å². The molecule has 0 aliphatic carbocycles. The molecule has 1 aromatic rings. The third-order valence-electron chi connectivity index (χ3n) is 4.08. The molecule has 1 aromatic carbocycles. The number of para-hydroxylation sites is 1. The fourth-order valence-electron chi connectivity index (χ4n) is 2.95. The number of nitrogens with zero attached hydrogens (tertiary/aromatic N) is 1. The van der Waals surface area contributed by atoms with Gasteiger partial charge in [-0.2, -0.15) is 0 Å². The molecule has 1 fully saturated rings. The van der Waals surface area contributed by atoms with E-state index >= 15 is 0 Å². The normalized spacial score (nSPS) is 23.0. The summed E-state index contributed by atoms with van der Waals surface area (Å²) in [6.07, 6.45) is 2.05. The number of ether oxygens (including phenoxy) is 1. The Morgan fingerprint density at radius 2 is 2.05 bits per heavy atom. The summed E-state index contributed by atoms with van der Waals surface area (Å²) in [5, 5.41) is 3.67. The highest BCUT2D eigenvalue weighted by Gasteiger charge is 2.28. The average molecular weight is 260 g/mol. The minimum absolute atomic E-state index is 0.188. The highest BCUT2D eigenvalue weighted by molar-refractivity contribution is 5.73. The number of carbonyl (C=O) groups is 1. The molecule has 2 aliphatic rings. The molecule has 0 radical (unpaired) electrons. The van der Waals surface area contributed by atoms with Gasteiger partial charge in [0.2, 0.25) is 5.91 Å². The number of hydrogen-bond donors (Lipinski definition) is 1. The van der Waals surface area contributed by atoms with Gasteiger partial charge in [-0.05, 0) is 18.9 Å². The third-order valence-corrected chi connectivity index (χ3v) is 4.08. The number of likely N-dealkylation sites (tertiary alicyclic amines) is 1. The summed E-state index contributed by atoms with van der Waals surface area (Å²) < 4.78 is 5.68. The zero-order valence-corrected chi connectivity index (χ0v) is 11.3. The maximum atomic E-state index is 11.3. The summed E-state index contributed by atoms with van der Waals surface area (Å²) in [6, 6.07) is 8.99. The minimum Gasteiger partial charge on any atom is -0.491 e. The van der Waals surface area contributed by atoms with Crippen LogP contribution in [-0.2, 0) is 4.79 Å². The first-order valence-electron chi connectivity index (χ1n) is 6.97. The zero-order valence-electron chi connectivity index (χ0n) is 11.3. The van der Waals surface area contributed by atoms with Crippen LogP contribution in [0.15, 0.2) is 24.3 Å². The predicted octanol–water partition coefficient (Wildman–Crippen LogP) is 1.72. The van der Waals surface area contributed by atoms with Gasteiger partial charge in [0.15, 0.2) is 0 Å². The fourth-order valence-corrected chi connectivity index (χ4v) is 2.95. The molecular weight excluding hydrogens is 240 g/mol. The van der Waals surface area contributed by atoms with E-state index in [0.717, 1.165) is 31.7 Å². The summed E-state index contributed by atoms with van der Waals surface area (Å²) in [4.78, 5) is 13.2. The third kappa shape index (κ3) is 2.59. The number of nitrogens with one attached hydrogen (secondary N) is 1. The van der Waals surface area contributed by atoms with E-state index < -0.39 is 0 Å². The molecule has 19 heavy (non-hydrogen) atoms. The number of amides is 1. The summed E-state index contributed by atoms with van der Waals surface area (Å²) in [6.45, 7) is 4.09. The maximum absolute atomic E-state index is 11.3. The minimum atomic E-state index is 0.188. The van der Waals surface area contributed by atoms with Crippen molar-refractivity contribution in [3.8, 4) is 5.75 Å². The van der Waals surface area contributed by atoms with Crippen LogP contribution in [-0.4, -0.2) is 36.5 Å². The summed E-state index contributed by atoms with van der Waals surface area (Å²) >= 11 is 0. The van der Waals surface area contributed by atoms with Crippen LogP contribution in [0.4, 0.5) is 0 Å². The zero-order chi connectivity index (χ0) is 13.2. The van der Waals surface area contributed by atoms with Gasteiger partial charge in [-0.1, -0.05) is 18.2 Å². The summed E-state index contributed by atoms with van der Waals surface area (Å²) in [5.41, 5.74) is 1.26. The van der Waals surface area contributed by atoms with Gasteiger partial charge in [0.25, 0.3) is 0 Å². The Labute approximate surface area is 113 Å². The Kier molecular flexibility index (Phi) is 3.42. The Hall–Kier alpha value is -1.55. The summed E-state index contributed by atoms with van der Waals surface area (Å²) in [7, 11) is 0. The van der Waals surface area contributed by atoms with Gasteiger partial charge < -0.3 is 15.0 Å². The molecule has 0 bridgehead atoms. The summed E-state index contributed by atoms with van der Waals surface area (Å²) in [5.74, 6) is 1.19. The quantitative estimate of drug-likeness (QED) is 0.880. The molecule has 3 rings (SSSR count). The molecule has 4 heteroatoms. The van der Waals surface area contributed by atoms with E-state index in [0.29, 0.717) is 18.7 Å². The number of benzene rings is 1. The number of fused-ring (bicyclic) bond motifs is 1. The highest BCUT2D eigenvalue weighted by Crippen LogP contribution is 2.32. The molecule has 0 aromatic heterocycles. The number of carbonyl (C=O) groups excluding carboxylic acids is 1. The Morgan fingerprint density at radius 1 is 1.32 bits per heavy atom. The average Bonchev–Trinajstić information content (AvgIpc) is 2.83. The Bertz CT molecular complexity index is 467. The lowest BCUT2D eigenvalue weighted by Crippen LogP contribution is -2.45. The second-order valence-electron chi connectivity index (χ2n) is 5.35. The molecule has 0 spiro atoms. The lowest BCUT2D eigenvalue weighted by atomic mass is 10.0. The van der Waals surface area contributed by atoms with Gasteiger partial charge in [-0.15, -0.1) is 0 Å². The van der Waals surface area contributed by atoms with Gasteiger partial charge in [0, 0.05) is 31.6 Å². The van der Waals surface area contributed by atoms with Crippen LogP contribution < -0.4 is 10.1 Å². The van der Waals surface area contributed by atoms with Crippen molar-refractivity contribution in [2.24, 2.45) is 0 Å². The van der Waals surface area contributed by atoms with Crippen molar-refractivity contribution < 1.29 is 9.53 Å². The topological polar surface area (TPSA) is 41.6 Å². The van der Waals surface area contributed by atoms with Gasteiger partial charge in [-0.3, -0.25) is 4.79 Å².